The second kappa shape index (κ2) is 2.83. The summed E-state index contributed by atoms with van der Waals surface area (Å²) in [5.74, 6) is 0. The Kier molecular flexibility index (Phi) is 1.25. The average molecular weight is 213 g/mol. The minimum atomic E-state index is -3.77. The third-order valence-electron chi connectivity index (χ3n) is 1.99. The number of sulfonamides is 1. The molecule has 5 heteroatoms. The van der Waals surface area contributed by atoms with E-state index < -0.39 is 17.0 Å². The van der Waals surface area contributed by atoms with Gasteiger partial charge in [0.1, 0.15) is 0 Å². The molecule has 0 radical (unpaired) electrons. The van der Waals surface area contributed by atoms with Gasteiger partial charge in [-0.25, -0.2) is 13.6 Å². The number of benzene rings is 1. The Labute approximate surface area is 86.2 Å². The first-order valence-electron chi connectivity index (χ1n) is 5.34. The van der Waals surface area contributed by atoms with Crippen LogP contribution in [0.15, 0.2) is 35.4 Å². The Morgan fingerprint density at radius 1 is 1.43 bits per heavy atom. The molecule has 2 aromatic rings. The van der Waals surface area contributed by atoms with E-state index >= 15 is 0 Å². The monoisotopic (exact) mass is 213 g/mol. The van der Waals surface area contributed by atoms with Gasteiger partial charge in [0.2, 0.25) is 10.0 Å². The van der Waals surface area contributed by atoms with Crippen molar-refractivity contribution in [2.24, 2.45) is 12.1 Å². The third kappa shape index (κ3) is 1.40. The highest BCUT2D eigenvalue weighted by atomic mass is 32.2. The van der Waals surface area contributed by atoms with Gasteiger partial charge in [0.15, 0.2) is 0 Å². The van der Waals surface area contributed by atoms with Crippen LogP contribution in [0.25, 0.3) is 10.9 Å². The summed E-state index contributed by atoms with van der Waals surface area (Å²) < 4.78 is 45.3. The van der Waals surface area contributed by atoms with E-state index in [2.05, 4.69) is 0 Å². The molecule has 0 fully saturated rings. The highest BCUT2D eigenvalue weighted by Gasteiger charge is 2.08. The molecule has 14 heavy (non-hydrogen) atoms. The van der Waals surface area contributed by atoms with Crippen molar-refractivity contribution in [3.8, 4) is 0 Å². The maximum Gasteiger partial charge on any atom is 0.238 e. The standard InChI is InChI=1S/C9H10N2O2S/c1-11-5-4-7-6-8(14(10,12)13)2-3-9(7)11/h2-6H,1H3,(H2,10,12,13)/i1D3. The summed E-state index contributed by atoms with van der Waals surface area (Å²) in [6, 6.07) is 5.62. The van der Waals surface area contributed by atoms with E-state index in [-0.39, 0.29) is 4.90 Å². The van der Waals surface area contributed by atoms with Crippen molar-refractivity contribution in [1.82, 2.24) is 4.57 Å². The Bertz CT molecular complexity index is 673. The number of rotatable bonds is 1. The van der Waals surface area contributed by atoms with Gasteiger partial charge in [-0.05, 0) is 24.3 Å². The molecule has 1 aromatic heterocycles. The first kappa shape index (κ1) is 6.21. The number of aromatic nitrogens is 1. The molecule has 0 saturated carbocycles. The van der Waals surface area contributed by atoms with Gasteiger partial charge in [-0.1, -0.05) is 0 Å². The zero-order valence-corrected chi connectivity index (χ0v) is 7.95. The van der Waals surface area contributed by atoms with Crippen LogP contribution in [-0.2, 0) is 17.0 Å². The van der Waals surface area contributed by atoms with Crippen LogP contribution in [0.4, 0.5) is 0 Å². The summed E-state index contributed by atoms with van der Waals surface area (Å²) in [6.07, 6.45) is 1.39. The molecule has 2 N–H and O–H groups in total. The fraction of sp³-hybridized carbons (Fsp3) is 0.111. The highest BCUT2D eigenvalue weighted by molar-refractivity contribution is 7.89. The van der Waals surface area contributed by atoms with Gasteiger partial charge in [-0.2, -0.15) is 0 Å². The lowest BCUT2D eigenvalue weighted by Gasteiger charge is -1.99. The van der Waals surface area contributed by atoms with E-state index in [0.717, 1.165) is 4.57 Å². The summed E-state index contributed by atoms with van der Waals surface area (Å²) in [5, 5.41) is 5.52. The van der Waals surface area contributed by atoms with Crippen molar-refractivity contribution in [1.29, 1.82) is 0 Å². The molecule has 0 amide bonds. The summed E-state index contributed by atoms with van der Waals surface area (Å²) >= 11 is 0. The molecule has 2 rings (SSSR count). The number of nitrogens with two attached hydrogens (primary N) is 1. The van der Waals surface area contributed by atoms with Crippen LogP contribution in [0, 0.1) is 0 Å². The predicted molar refractivity (Wildman–Crippen MR) is 54.3 cm³/mol. The van der Waals surface area contributed by atoms with Crippen LogP contribution in [0.5, 0.6) is 0 Å². The number of aryl methyl sites for hydroxylation is 1. The molecular weight excluding hydrogens is 200 g/mol. The number of fused-ring (bicyclic) bond motifs is 1. The summed E-state index contributed by atoms with van der Waals surface area (Å²) in [7, 11) is -3.77. The average Bonchev–Trinajstić information content (AvgIpc) is 2.57. The molecule has 1 aromatic carbocycles. The van der Waals surface area contributed by atoms with E-state index in [0.29, 0.717) is 10.9 Å². The lowest BCUT2D eigenvalue weighted by atomic mass is 10.2. The normalized spacial score (nSPS) is 16.2. The molecule has 0 unspecified atom stereocenters. The van der Waals surface area contributed by atoms with Crippen molar-refractivity contribution < 1.29 is 12.5 Å². The first-order valence-corrected chi connectivity index (χ1v) is 5.38. The fourth-order valence-electron chi connectivity index (χ4n) is 1.30. The van der Waals surface area contributed by atoms with Gasteiger partial charge in [0, 0.05) is 28.2 Å². The fourth-order valence-corrected chi connectivity index (χ4v) is 1.85. The van der Waals surface area contributed by atoms with E-state index in [9.17, 15) is 8.42 Å². The molecule has 74 valence electrons. The molecule has 0 aliphatic carbocycles. The molecular formula is C9H10N2O2S. The van der Waals surface area contributed by atoms with E-state index in [1.165, 1.54) is 30.5 Å². The van der Waals surface area contributed by atoms with Crippen LogP contribution in [-0.4, -0.2) is 13.0 Å². The van der Waals surface area contributed by atoms with Crippen molar-refractivity contribution in [3.63, 3.8) is 0 Å². The predicted octanol–water partition coefficient (Wildman–Crippen LogP) is 0.826. The summed E-state index contributed by atoms with van der Waals surface area (Å²) in [6.45, 7) is -2.29. The minimum Gasteiger partial charge on any atom is -0.351 e. The molecule has 0 saturated heterocycles. The maximum absolute atomic E-state index is 11.1. The topological polar surface area (TPSA) is 65.1 Å². The second-order valence-electron chi connectivity index (χ2n) is 2.95. The van der Waals surface area contributed by atoms with Gasteiger partial charge >= 0.3 is 0 Å². The van der Waals surface area contributed by atoms with Crippen LogP contribution in [0.2, 0.25) is 0 Å². The van der Waals surface area contributed by atoms with E-state index in [4.69, 9.17) is 9.25 Å². The summed E-state index contributed by atoms with van der Waals surface area (Å²) in [5.41, 5.74) is 0.442. The van der Waals surface area contributed by atoms with Crippen LogP contribution < -0.4 is 5.14 Å². The molecule has 0 atom stereocenters. The second-order valence-corrected chi connectivity index (χ2v) is 4.51. The number of nitrogens with zero attached hydrogens (tertiary/aromatic N) is 1. The first-order chi connectivity index (χ1) is 7.69. The lowest BCUT2D eigenvalue weighted by Crippen LogP contribution is -2.11. The molecule has 4 nitrogen and oxygen atoms in total. The van der Waals surface area contributed by atoms with Gasteiger partial charge in [0.05, 0.1) is 4.90 Å². The van der Waals surface area contributed by atoms with Gasteiger partial charge in [0.25, 0.3) is 0 Å². The maximum atomic E-state index is 11.1. The molecule has 0 bridgehead atoms. The van der Waals surface area contributed by atoms with Gasteiger partial charge in [-0.3, -0.25) is 0 Å². The van der Waals surface area contributed by atoms with Crippen molar-refractivity contribution in [2.45, 2.75) is 4.90 Å². The quantitative estimate of drug-likeness (QED) is 0.762. The number of hydrogen-bond donors (Lipinski definition) is 1. The number of hydrogen-bond acceptors (Lipinski definition) is 2. The highest BCUT2D eigenvalue weighted by Crippen LogP contribution is 2.18. The lowest BCUT2D eigenvalue weighted by molar-refractivity contribution is 0.598. The van der Waals surface area contributed by atoms with Gasteiger partial charge in [-0.15, -0.1) is 0 Å². The third-order valence-corrected chi connectivity index (χ3v) is 2.90. The van der Waals surface area contributed by atoms with Crippen LogP contribution >= 0.6 is 0 Å². The SMILES string of the molecule is [2H]C([2H])([2H])n1ccc2cc(S(N)(=O)=O)ccc21. The van der Waals surface area contributed by atoms with Gasteiger partial charge < -0.3 is 4.57 Å². The van der Waals surface area contributed by atoms with Crippen LogP contribution in [0.3, 0.4) is 0 Å². The zero-order valence-electron chi connectivity index (χ0n) is 10.1. The minimum absolute atomic E-state index is 0.0340. The Morgan fingerprint density at radius 3 is 2.86 bits per heavy atom. The molecule has 0 spiro atoms. The van der Waals surface area contributed by atoms with Crippen molar-refractivity contribution in [3.05, 3.63) is 30.5 Å². The Balaban J connectivity index is 2.69. The van der Waals surface area contributed by atoms with E-state index in [1.54, 1.807) is 0 Å². The zero-order chi connectivity index (χ0) is 12.8. The van der Waals surface area contributed by atoms with Crippen molar-refractivity contribution >= 4 is 20.9 Å². The smallest absolute Gasteiger partial charge is 0.238 e. The van der Waals surface area contributed by atoms with Crippen LogP contribution in [0.1, 0.15) is 4.11 Å². The van der Waals surface area contributed by atoms with Crippen molar-refractivity contribution in [2.75, 3.05) is 0 Å². The Hall–Kier alpha value is -1.33. The van der Waals surface area contributed by atoms with E-state index in [1.807, 2.05) is 0 Å². The number of primary sulfonamides is 1. The largest absolute Gasteiger partial charge is 0.351 e. The Morgan fingerprint density at radius 2 is 2.21 bits per heavy atom. The molecule has 1 heterocycles. The summed E-state index contributed by atoms with van der Waals surface area (Å²) in [4.78, 5) is -0.0340. The molecule has 0 aliphatic heterocycles. The molecule has 0 aliphatic rings.